The highest BCUT2D eigenvalue weighted by Crippen LogP contribution is 2.40. The molecule has 0 aliphatic carbocycles. The van der Waals surface area contributed by atoms with Gasteiger partial charge in [0.2, 0.25) is 0 Å². The van der Waals surface area contributed by atoms with Crippen LogP contribution in [0.5, 0.6) is 5.75 Å². The number of anilines is 1. The number of aryl methyl sites for hydroxylation is 1. The minimum atomic E-state index is -0.622. The molecule has 5 rings (SSSR count). The molecule has 39 heavy (non-hydrogen) atoms. The molecular formula is C31H34FN3O4. The van der Waals surface area contributed by atoms with E-state index >= 15 is 4.39 Å². The predicted molar refractivity (Wildman–Crippen MR) is 150 cm³/mol. The number of carbonyl (C=O) groups is 1. The Morgan fingerprint density at radius 3 is 2.49 bits per heavy atom. The quantitative estimate of drug-likeness (QED) is 0.286. The van der Waals surface area contributed by atoms with Gasteiger partial charge in [0.15, 0.2) is 11.6 Å². The van der Waals surface area contributed by atoms with E-state index in [1.807, 2.05) is 60.9 Å². The summed E-state index contributed by atoms with van der Waals surface area (Å²) in [5.41, 5.74) is 3.90. The Bertz CT molecular complexity index is 1540. The minimum Gasteiger partial charge on any atom is -0.486 e. The van der Waals surface area contributed by atoms with E-state index in [0.717, 1.165) is 22.2 Å². The zero-order valence-corrected chi connectivity index (χ0v) is 23.2. The first kappa shape index (κ1) is 26.7. The van der Waals surface area contributed by atoms with Crippen LogP contribution in [0.4, 0.5) is 14.9 Å². The molecule has 2 heterocycles. The second-order valence-corrected chi connectivity index (χ2v) is 11.4. The second-order valence-electron chi connectivity index (χ2n) is 11.4. The largest absolute Gasteiger partial charge is 0.486 e. The summed E-state index contributed by atoms with van der Waals surface area (Å²) in [7, 11) is 0. The number of fused-ring (bicyclic) bond motifs is 1. The molecule has 0 atom stereocenters. The molecular weight excluding hydrogens is 497 g/mol. The van der Waals surface area contributed by atoms with E-state index in [-0.39, 0.29) is 12.4 Å². The fourth-order valence-electron chi connectivity index (χ4n) is 4.75. The van der Waals surface area contributed by atoms with Gasteiger partial charge in [-0.25, -0.2) is 14.2 Å². The van der Waals surface area contributed by atoms with Gasteiger partial charge in [0.05, 0.1) is 35.3 Å². The highest BCUT2D eigenvalue weighted by molar-refractivity contribution is 5.90. The van der Waals surface area contributed by atoms with Crippen LogP contribution in [0.25, 0.3) is 22.4 Å². The zero-order chi connectivity index (χ0) is 27.9. The van der Waals surface area contributed by atoms with Crippen LogP contribution in [-0.4, -0.2) is 34.5 Å². The van der Waals surface area contributed by atoms with Crippen LogP contribution < -0.4 is 10.1 Å². The van der Waals surface area contributed by atoms with Crippen LogP contribution in [-0.2, 0) is 21.6 Å². The molecule has 1 aliphatic rings. The van der Waals surface area contributed by atoms with Crippen LogP contribution in [0.15, 0.2) is 54.6 Å². The van der Waals surface area contributed by atoms with Crippen molar-refractivity contribution < 1.29 is 23.4 Å². The fourth-order valence-corrected chi connectivity index (χ4v) is 4.75. The third-order valence-corrected chi connectivity index (χ3v) is 6.86. The number of imidazole rings is 1. The summed E-state index contributed by atoms with van der Waals surface area (Å²) in [6.45, 7) is 12.5. The van der Waals surface area contributed by atoms with Gasteiger partial charge >= 0.3 is 6.09 Å². The molecule has 4 aromatic rings. The Balaban J connectivity index is 1.58. The maximum atomic E-state index is 16.2. The maximum absolute atomic E-state index is 16.2. The number of carbonyl (C=O) groups excluding carboxylic acids is 1. The third-order valence-electron chi connectivity index (χ3n) is 6.86. The van der Waals surface area contributed by atoms with E-state index in [1.54, 1.807) is 32.9 Å². The number of halogens is 1. The van der Waals surface area contributed by atoms with Gasteiger partial charge in [-0.2, -0.15) is 0 Å². The topological polar surface area (TPSA) is 74.6 Å². The lowest BCUT2D eigenvalue weighted by Crippen LogP contribution is -2.49. The number of amides is 1. The number of ether oxygens (including phenoxy) is 3. The molecule has 0 spiro atoms. The average Bonchev–Trinajstić information content (AvgIpc) is 3.23. The van der Waals surface area contributed by atoms with Gasteiger partial charge < -0.3 is 18.8 Å². The Kier molecular flexibility index (Phi) is 6.84. The van der Waals surface area contributed by atoms with Crippen molar-refractivity contribution >= 4 is 22.8 Å². The van der Waals surface area contributed by atoms with Gasteiger partial charge in [-0.05, 0) is 82.5 Å². The molecule has 3 aromatic carbocycles. The van der Waals surface area contributed by atoms with Gasteiger partial charge in [-0.15, -0.1) is 0 Å². The summed E-state index contributed by atoms with van der Waals surface area (Å²) in [6, 6.07) is 17.0. The molecule has 1 aliphatic heterocycles. The second kappa shape index (κ2) is 10.0. The van der Waals surface area contributed by atoms with E-state index in [1.165, 1.54) is 0 Å². The van der Waals surface area contributed by atoms with Gasteiger partial charge in [0, 0.05) is 5.69 Å². The molecule has 8 heteroatoms. The molecule has 1 saturated heterocycles. The van der Waals surface area contributed by atoms with E-state index in [4.69, 9.17) is 19.2 Å². The molecule has 0 radical (unpaired) electrons. The van der Waals surface area contributed by atoms with Gasteiger partial charge in [0.1, 0.15) is 18.0 Å². The fraction of sp³-hybridized carbons (Fsp3) is 0.355. The average molecular weight is 532 g/mol. The molecule has 1 amide bonds. The van der Waals surface area contributed by atoms with Crippen molar-refractivity contribution in [2.45, 2.75) is 59.3 Å². The summed E-state index contributed by atoms with van der Waals surface area (Å²) in [5, 5.41) is 2.77. The Labute approximate surface area is 227 Å². The summed E-state index contributed by atoms with van der Waals surface area (Å²) >= 11 is 0. The van der Waals surface area contributed by atoms with Crippen LogP contribution in [0.3, 0.4) is 0 Å². The van der Waals surface area contributed by atoms with Crippen molar-refractivity contribution in [3.05, 3.63) is 77.1 Å². The van der Waals surface area contributed by atoms with Gasteiger partial charge in [-0.1, -0.05) is 30.3 Å². The third kappa shape index (κ3) is 5.34. The van der Waals surface area contributed by atoms with E-state index < -0.39 is 23.1 Å². The van der Waals surface area contributed by atoms with Crippen LogP contribution in [0.2, 0.25) is 0 Å². The number of benzene rings is 3. The Morgan fingerprint density at radius 2 is 1.85 bits per heavy atom. The van der Waals surface area contributed by atoms with E-state index in [0.29, 0.717) is 35.8 Å². The number of hydrogen-bond donors (Lipinski definition) is 1. The van der Waals surface area contributed by atoms with E-state index in [2.05, 4.69) is 12.2 Å². The van der Waals surface area contributed by atoms with Gasteiger partial charge in [0.25, 0.3) is 0 Å². The highest BCUT2D eigenvalue weighted by atomic mass is 19.1. The standard InChI is InChI=1S/C31H34FN3O4/c1-19-14-23(26(32)27(20(19)2)38-16-21-10-8-7-9-11-21)28-34-24-15-22(33-29(36)39-30(3,4)5)12-13-25(24)35(28)31(6)17-37-18-31/h7-15H,16-18H2,1-6H3,(H,33,36). The molecule has 0 saturated carbocycles. The lowest BCUT2D eigenvalue weighted by atomic mass is 9.97. The van der Waals surface area contributed by atoms with E-state index in [9.17, 15) is 4.79 Å². The number of nitrogens with one attached hydrogen (secondary N) is 1. The van der Waals surface area contributed by atoms with Crippen molar-refractivity contribution in [2.75, 3.05) is 18.5 Å². The summed E-state index contributed by atoms with van der Waals surface area (Å²) < 4.78 is 35.3. The predicted octanol–water partition coefficient (Wildman–Crippen LogP) is 7.13. The molecule has 204 valence electrons. The van der Waals surface area contributed by atoms with Crippen molar-refractivity contribution in [3.8, 4) is 17.1 Å². The van der Waals surface area contributed by atoms with Crippen LogP contribution in [0, 0.1) is 19.7 Å². The van der Waals surface area contributed by atoms with Gasteiger partial charge in [-0.3, -0.25) is 5.32 Å². The smallest absolute Gasteiger partial charge is 0.412 e. The Hall–Kier alpha value is -3.91. The van der Waals surface area contributed by atoms with Crippen molar-refractivity contribution in [1.29, 1.82) is 0 Å². The first-order valence-corrected chi connectivity index (χ1v) is 13.0. The molecule has 1 aromatic heterocycles. The summed E-state index contributed by atoms with van der Waals surface area (Å²) in [6.07, 6.45) is -0.554. The first-order valence-electron chi connectivity index (χ1n) is 13.0. The van der Waals surface area contributed by atoms with Crippen LogP contribution in [0.1, 0.15) is 44.4 Å². The maximum Gasteiger partial charge on any atom is 0.412 e. The molecule has 0 bridgehead atoms. The normalized spacial score (nSPS) is 14.6. The highest BCUT2D eigenvalue weighted by Gasteiger charge is 2.39. The summed E-state index contributed by atoms with van der Waals surface area (Å²) in [5.74, 6) is 0.242. The lowest BCUT2D eigenvalue weighted by molar-refractivity contribution is -0.0868. The number of rotatable bonds is 6. The van der Waals surface area contributed by atoms with Crippen molar-refractivity contribution in [1.82, 2.24) is 9.55 Å². The zero-order valence-electron chi connectivity index (χ0n) is 23.2. The molecule has 1 fully saturated rings. The number of aromatic nitrogens is 2. The number of nitrogens with zero attached hydrogens (tertiary/aromatic N) is 2. The first-order chi connectivity index (χ1) is 18.4. The van der Waals surface area contributed by atoms with Crippen molar-refractivity contribution in [2.24, 2.45) is 0 Å². The van der Waals surface area contributed by atoms with Crippen molar-refractivity contribution in [3.63, 3.8) is 0 Å². The Morgan fingerprint density at radius 1 is 1.13 bits per heavy atom. The molecule has 7 nitrogen and oxygen atoms in total. The van der Waals surface area contributed by atoms with Crippen LogP contribution >= 0.6 is 0 Å². The monoisotopic (exact) mass is 531 g/mol. The minimum absolute atomic E-state index is 0.217. The summed E-state index contributed by atoms with van der Waals surface area (Å²) in [4.78, 5) is 17.2. The SMILES string of the molecule is Cc1cc(-c2nc3cc(NC(=O)OC(C)(C)C)ccc3n2C2(C)COC2)c(F)c(OCc2ccccc2)c1C. The number of hydrogen-bond acceptors (Lipinski definition) is 5. The lowest BCUT2D eigenvalue weighted by Gasteiger charge is -2.41. The molecule has 0 unspecified atom stereocenters. The molecule has 1 N–H and O–H groups in total.